The Morgan fingerprint density at radius 1 is 1.26 bits per heavy atom. The van der Waals surface area contributed by atoms with E-state index in [9.17, 15) is 4.79 Å². The predicted molar refractivity (Wildman–Crippen MR) is 111 cm³/mol. The summed E-state index contributed by atoms with van der Waals surface area (Å²) in [5.74, 6) is -0.112. The first kappa shape index (κ1) is 18.2. The topological polar surface area (TPSA) is 54.0 Å². The van der Waals surface area contributed by atoms with Crippen LogP contribution in [-0.4, -0.2) is 17.4 Å². The summed E-state index contributed by atoms with van der Waals surface area (Å²) in [5, 5.41) is 7.66. The molecule has 138 valence electrons. The molecule has 0 spiro atoms. The number of halogens is 1. The average molecular weight is 398 g/mol. The standard InChI is InChI=1S/C21H20ClN3OS/c1-13-19(10-14-3-2-4-18(22)9-14)27-21(24-13)25-20(26)16-5-6-17-12-23-8-7-15(17)11-16/h2-6,9,11,23H,7-8,10,12H2,1H3,(H,24,25,26). The SMILES string of the molecule is Cc1nc(NC(=O)c2ccc3c(c2)CCNC3)sc1Cc1cccc(Cl)c1. The molecule has 4 rings (SSSR count). The second-order valence-corrected chi connectivity index (χ2v) is 8.22. The number of anilines is 1. The summed E-state index contributed by atoms with van der Waals surface area (Å²) < 4.78 is 0. The van der Waals surface area contributed by atoms with Gasteiger partial charge in [-0.15, -0.1) is 11.3 Å². The van der Waals surface area contributed by atoms with Gasteiger partial charge < -0.3 is 5.32 Å². The van der Waals surface area contributed by atoms with Crippen LogP contribution < -0.4 is 10.6 Å². The molecule has 1 amide bonds. The summed E-state index contributed by atoms with van der Waals surface area (Å²) in [4.78, 5) is 18.3. The lowest BCUT2D eigenvalue weighted by atomic mass is 9.98. The summed E-state index contributed by atoms with van der Waals surface area (Å²) in [6.45, 7) is 3.80. The van der Waals surface area contributed by atoms with Crippen LogP contribution in [0.2, 0.25) is 5.02 Å². The maximum Gasteiger partial charge on any atom is 0.257 e. The lowest BCUT2D eigenvalue weighted by molar-refractivity contribution is 0.102. The van der Waals surface area contributed by atoms with Gasteiger partial charge >= 0.3 is 0 Å². The molecule has 0 saturated heterocycles. The number of thiazole rings is 1. The third-order valence-corrected chi connectivity index (χ3v) is 6.03. The molecule has 0 atom stereocenters. The van der Waals surface area contributed by atoms with Gasteiger partial charge in [0.15, 0.2) is 5.13 Å². The van der Waals surface area contributed by atoms with E-state index in [4.69, 9.17) is 11.6 Å². The Kier molecular flexibility index (Phi) is 5.25. The summed E-state index contributed by atoms with van der Waals surface area (Å²) in [6, 6.07) is 13.7. The normalized spacial score (nSPS) is 13.3. The Morgan fingerprint density at radius 2 is 2.15 bits per heavy atom. The zero-order chi connectivity index (χ0) is 18.8. The maximum absolute atomic E-state index is 12.6. The molecule has 3 aromatic rings. The molecule has 6 heteroatoms. The molecule has 0 bridgehead atoms. The van der Waals surface area contributed by atoms with Gasteiger partial charge in [0.05, 0.1) is 5.69 Å². The third kappa shape index (κ3) is 4.21. The van der Waals surface area contributed by atoms with Crippen molar-refractivity contribution >= 4 is 34.0 Å². The van der Waals surface area contributed by atoms with Gasteiger partial charge in [-0.1, -0.05) is 29.8 Å². The van der Waals surface area contributed by atoms with Crippen LogP contribution >= 0.6 is 22.9 Å². The lowest BCUT2D eigenvalue weighted by Gasteiger charge is -2.17. The van der Waals surface area contributed by atoms with Crippen LogP contribution in [0.3, 0.4) is 0 Å². The highest BCUT2D eigenvalue weighted by Crippen LogP contribution is 2.27. The van der Waals surface area contributed by atoms with Gasteiger partial charge in [-0.05, 0) is 60.8 Å². The molecule has 1 aromatic heterocycles. The predicted octanol–water partition coefficient (Wildman–Crippen LogP) is 4.59. The van der Waals surface area contributed by atoms with Crippen LogP contribution in [0, 0.1) is 6.92 Å². The largest absolute Gasteiger partial charge is 0.312 e. The summed E-state index contributed by atoms with van der Waals surface area (Å²) in [6.07, 6.45) is 1.71. The fourth-order valence-corrected chi connectivity index (χ4v) is 4.47. The summed E-state index contributed by atoms with van der Waals surface area (Å²) >= 11 is 7.59. The van der Waals surface area contributed by atoms with Gasteiger partial charge in [0.25, 0.3) is 5.91 Å². The fourth-order valence-electron chi connectivity index (χ4n) is 3.27. The second-order valence-electron chi connectivity index (χ2n) is 6.70. The zero-order valence-corrected chi connectivity index (χ0v) is 16.6. The van der Waals surface area contributed by atoms with Crippen LogP contribution in [0.15, 0.2) is 42.5 Å². The van der Waals surface area contributed by atoms with Crippen molar-refractivity contribution in [2.75, 3.05) is 11.9 Å². The van der Waals surface area contributed by atoms with Crippen LogP contribution in [0.1, 0.15) is 37.6 Å². The summed E-state index contributed by atoms with van der Waals surface area (Å²) in [7, 11) is 0. The molecule has 1 aliphatic rings. The number of nitrogens with one attached hydrogen (secondary N) is 2. The Bertz CT molecular complexity index is 999. The van der Waals surface area contributed by atoms with Crippen molar-refractivity contribution in [1.29, 1.82) is 0 Å². The van der Waals surface area contributed by atoms with E-state index >= 15 is 0 Å². The molecule has 4 nitrogen and oxygen atoms in total. The van der Waals surface area contributed by atoms with E-state index in [1.54, 1.807) is 0 Å². The highest BCUT2D eigenvalue weighted by Gasteiger charge is 2.15. The minimum Gasteiger partial charge on any atom is -0.312 e. The number of carbonyl (C=O) groups is 1. The van der Waals surface area contributed by atoms with Gasteiger partial charge in [-0.3, -0.25) is 10.1 Å². The highest BCUT2D eigenvalue weighted by molar-refractivity contribution is 7.15. The van der Waals surface area contributed by atoms with E-state index in [0.29, 0.717) is 10.7 Å². The van der Waals surface area contributed by atoms with Gasteiger partial charge in [-0.2, -0.15) is 0 Å². The molecule has 0 aliphatic carbocycles. The molecule has 2 N–H and O–H groups in total. The monoisotopic (exact) mass is 397 g/mol. The fraction of sp³-hybridized carbons (Fsp3) is 0.238. The highest BCUT2D eigenvalue weighted by atomic mass is 35.5. The number of nitrogens with zero attached hydrogens (tertiary/aromatic N) is 1. The molecule has 27 heavy (non-hydrogen) atoms. The number of carbonyl (C=O) groups excluding carboxylic acids is 1. The number of amides is 1. The van der Waals surface area contributed by atoms with Crippen molar-refractivity contribution in [2.45, 2.75) is 26.3 Å². The molecule has 1 aliphatic heterocycles. The minimum atomic E-state index is -0.112. The van der Waals surface area contributed by atoms with E-state index in [1.165, 1.54) is 22.5 Å². The smallest absolute Gasteiger partial charge is 0.257 e. The Labute approximate surface area is 167 Å². The van der Waals surface area contributed by atoms with Crippen LogP contribution in [0.4, 0.5) is 5.13 Å². The van der Waals surface area contributed by atoms with E-state index in [0.717, 1.165) is 47.1 Å². The number of rotatable bonds is 4. The molecular formula is C21H20ClN3OS. The number of hydrogen-bond acceptors (Lipinski definition) is 4. The molecule has 2 heterocycles. The first-order chi connectivity index (χ1) is 13.1. The first-order valence-corrected chi connectivity index (χ1v) is 10.1. The van der Waals surface area contributed by atoms with Crippen molar-refractivity contribution < 1.29 is 4.79 Å². The van der Waals surface area contributed by atoms with Gasteiger partial charge in [0.1, 0.15) is 0 Å². The molecule has 0 radical (unpaired) electrons. The van der Waals surface area contributed by atoms with Crippen LogP contribution in [0.5, 0.6) is 0 Å². The van der Waals surface area contributed by atoms with Crippen molar-refractivity contribution in [3.05, 3.63) is 80.3 Å². The van der Waals surface area contributed by atoms with E-state index in [-0.39, 0.29) is 5.91 Å². The number of aromatic nitrogens is 1. The van der Waals surface area contributed by atoms with Crippen molar-refractivity contribution in [2.24, 2.45) is 0 Å². The number of aryl methyl sites for hydroxylation is 1. The maximum atomic E-state index is 12.6. The van der Waals surface area contributed by atoms with Crippen molar-refractivity contribution in [1.82, 2.24) is 10.3 Å². The van der Waals surface area contributed by atoms with E-state index in [2.05, 4.69) is 15.6 Å². The van der Waals surface area contributed by atoms with E-state index < -0.39 is 0 Å². The quantitative estimate of drug-likeness (QED) is 0.676. The average Bonchev–Trinajstić information content (AvgIpc) is 3.00. The van der Waals surface area contributed by atoms with Gasteiger partial charge in [0, 0.05) is 28.4 Å². The number of fused-ring (bicyclic) bond motifs is 1. The van der Waals surface area contributed by atoms with E-state index in [1.807, 2.05) is 49.4 Å². The van der Waals surface area contributed by atoms with Crippen molar-refractivity contribution in [3.8, 4) is 0 Å². The Hall–Kier alpha value is -2.21. The molecule has 2 aromatic carbocycles. The van der Waals surface area contributed by atoms with Crippen LogP contribution in [-0.2, 0) is 19.4 Å². The van der Waals surface area contributed by atoms with Gasteiger partial charge in [-0.25, -0.2) is 4.98 Å². The first-order valence-electron chi connectivity index (χ1n) is 8.93. The molecule has 0 unspecified atom stereocenters. The lowest BCUT2D eigenvalue weighted by Crippen LogP contribution is -2.24. The molecule has 0 saturated carbocycles. The number of benzene rings is 2. The number of hydrogen-bond donors (Lipinski definition) is 2. The zero-order valence-electron chi connectivity index (χ0n) is 15.0. The second kappa shape index (κ2) is 7.80. The minimum absolute atomic E-state index is 0.112. The Balaban J connectivity index is 1.49. The van der Waals surface area contributed by atoms with Gasteiger partial charge in [0.2, 0.25) is 0 Å². The van der Waals surface area contributed by atoms with Crippen LogP contribution in [0.25, 0.3) is 0 Å². The summed E-state index contributed by atoms with van der Waals surface area (Å²) in [5.41, 5.74) is 5.27. The molecule has 0 fully saturated rings. The van der Waals surface area contributed by atoms with Crippen molar-refractivity contribution in [3.63, 3.8) is 0 Å². The third-order valence-electron chi connectivity index (χ3n) is 4.72. The molecular weight excluding hydrogens is 378 g/mol. The Morgan fingerprint density at radius 3 is 3.00 bits per heavy atom.